The minimum Gasteiger partial charge on any atom is -0.452 e. The molecule has 400 valence electrons. The van der Waals surface area contributed by atoms with Crippen molar-refractivity contribution in [3.63, 3.8) is 0 Å². The Hall–Kier alpha value is -6.59. The first-order valence-corrected chi connectivity index (χ1v) is 26.3. The third-order valence-corrected chi connectivity index (χ3v) is 13.2. The molecule has 8 rings (SSSR count). The minimum absolute atomic E-state index is 0.154. The van der Waals surface area contributed by atoms with E-state index in [9.17, 15) is 19.5 Å². The van der Waals surface area contributed by atoms with Gasteiger partial charge in [0, 0.05) is 6.61 Å². The van der Waals surface area contributed by atoms with E-state index in [-0.39, 0.29) is 43.1 Å². The highest BCUT2D eigenvalue weighted by Crippen LogP contribution is 2.35. The zero-order valence-electron chi connectivity index (χ0n) is 42.8. The molecule has 2 saturated heterocycles. The van der Waals surface area contributed by atoms with E-state index in [0.29, 0.717) is 6.61 Å². The quantitative estimate of drug-likeness (QED) is 0.0294. The Morgan fingerprint density at radius 3 is 1.25 bits per heavy atom. The number of aliphatic hydroxyl groups is 1. The Balaban J connectivity index is 1.15. The van der Waals surface area contributed by atoms with Gasteiger partial charge in [-0.15, -0.1) is 0 Å². The molecule has 2 heterocycles. The van der Waals surface area contributed by atoms with Gasteiger partial charge in [-0.3, -0.25) is 0 Å². The van der Waals surface area contributed by atoms with Crippen LogP contribution in [-0.2, 0) is 67.2 Å². The largest absolute Gasteiger partial charge is 0.452 e. The molecule has 14 heteroatoms. The third kappa shape index (κ3) is 16.0. The number of hydrogen-bond acceptors (Lipinski definition) is 14. The highest BCUT2D eigenvalue weighted by molar-refractivity contribution is 5.91. The first-order chi connectivity index (χ1) is 37.4. The molecule has 6 aromatic rings. The fraction of sp³-hybridized carbons (Fsp3) is 0.371. The minimum atomic E-state index is -1.60. The SMILES string of the molecule is CCCCCCCCO[C@H]1O[C@H](CO[C@H]2O[C@H](CO)[C@@H](OC(=O)c3ccccc3)[C@H](OC(=O)c3ccccc3)[C@@H]2OC(=O)c2ccccc2)[C@@H](OCc2ccccc2)[C@H](OCc2ccccc2)[C@@H]1OCc1ccccc1. The van der Waals surface area contributed by atoms with Crippen molar-refractivity contribution in [2.45, 2.75) is 127 Å². The van der Waals surface area contributed by atoms with Crippen molar-refractivity contribution in [3.8, 4) is 0 Å². The Labute approximate surface area is 445 Å². The van der Waals surface area contributed by atoms with Gasteiger partial charge in [-0.25, -0.2) is 14.4 Å². The van der Waals surface area contributed by atoms with Crippen LogP contribution < -0.4 is 0 Å². The van der Waals surface area contributed by atoms with E-state index in [0.717, 1.165) is 48.8 Å². The van der Waals surface area contributed by atoms with Crippen molar-refractivity contribution < 1.29 is 66.9 Å². The summed E-state index contributed by atoms with van der Waals surface area (Å²) in [6.45, 7) is 2.10. The summed E-state index contributed by atoms with van der Waals surface area (Å²) >= 11 is 0. The molecule has 0 unspecified atom stereocenters. The number of rotatable bonds is 27. The molecule has 6 aromatic carbocycles. The summed E-state index contributed by atoms with van der Waals surface area (Å²) in [5.41, 5.74) is 3.27. The lowest BCUT2D eigenvalue weighted by Gasteiger charge is -2.47. The molecule has 2 aliphatic heterocycles. The second kappa shape index (κ2) is 29.6. The molecule has 0 radical (unpaired) electrons. The van der Waals surface area contributed by atoms with Crippen molar-refractivity contribution in [2.24, 2.45) is 0 Å². The number of ether oxygens (including phenoxy) is 10. The lowest BCUT2D eigenvalue weighted by Crippen LogP contribution is -2.64. The van der Waals surface area contributed by atoms with E-state index < -0.39 is 85.9 Å². The van der Waals surface area contributed by atoms with Crippen LogP contribution in [-0.4, -0.2) is 104 Å². The molecule has 2 fully saturated rings. The first-order valence-electron chi connectivity index (χ1n) is 26.3. The fourth-order valence-corrected chi connectivity index (χ4v) is 9.14. The Morgan fingerprint density at radius 1 is 0.395 bits per heavy atom. The van der Waals surface area contributed by atoms with Gasteiger partial charge in [0.2, 0.25) is 0 Å². The number of carbonyl (C=O) groups is 3. The Morgan fingerprint density at radius 2 is 0.776 bits per heavy atom. The van der Waals surface area contributed by atoms with E-state index >= 15 is 0 Å². The van der Waals surface area contributed by atoms with Gasteiger partial charge in [0.1, 0.15) is 30.5 Å². The maximum atomic E-state index is 14.2. The number of carbonyl (C=O) groups excluding carboxylic acids is 3. The molecule has 0 aromatic heterocycles. The highest BCUT2D eigenvalue weighted by atomic mass is 16.8. The highest BCUT2D eigenvalue weighted by Gasteiger charge is 2.55. The molecular formula is C62H68O14. The molecule has 1 N–H and O–H groups in total. The van der Waals surface area contributed by atoms with Gasteiger partial charge in [-0.05, 0) is 59.5 Å². The maximum absolute atomic E-state index is 14.2. The van der Waals surface area contributed by atoms with Crippen LogP contribution in [0.1, 0.15) is 93.2 Å². The van der Waals surface area contributed by atoms with Crippen LogP contribution in [0.25, 0.3) is 0 Å². The monoisotopic (exact) mass is 1040 g/mol. The van der Waals surface area contributed by atoms with E-state index in [1.807, 2.05) is 91.0 Å². The maximum Gasteiger partial charge on any atom is 0.338 e. The second-order valence-electron chi connectivity index (χ2n) is 18.7. The van der Waals surface area contributed by atoms with Gasteiger partial charge < -0.3 is 52.5 Å². The molecule has 14 nitrogen and oxygen atoms in total. The first kappa shape index (κ1) is 55.6. The smallest absolute Gasteiger partial charge is 0.338 e. The van der Waals surface area contributed by atoms with Gasteiger partial charge >= 0.3 is 17.9 Å². The van der Waals surface area contributed by atoms with Gasteiger partial charge in [0.05, 0.1) is 49.7 Å². The van der Waals surface area contributed by atoms with Crippen LogP contribution in [0.15, 0.2) is 182 Å². The van der Waals surface area contributed by atoms with Crippen LogP contribution in [0.2, 0.25) is 0 Å². The van der Waals surface area contributed by atoms with Gasteiger partial charge in [-0.1, -0.05) is 185 Å². The van der Waals surface area contributed by atoms with Crippen molar-refractivity contribution in [1.29, 1.82) is 0 Å². The van der Waals surface area contributed by atoms with Crippen LogP contribution >= 0.6 is 0 Å². The molecule has 0 aliphatic carbocycles. The van der Waals surface area contributed by atoms with Crippen molar-refractivity contribution in [1.82, 2.24) is 0 Å². The van der Waals surface area contributed by atoms with E-state index in [4.69, 9.17) is 47.4 Å². The van der Waals surface area contributed by atoms with Gasteiger partial charge in [0.15, 0.2) is 30.9 Å². The summed E-state index contributed by atoms with van der Waals surface area (Å²) in [6, 6.07) is 53.9. The molecule has 76 heavy (non-hydrogen) atoms. The lowest BCUT2D eigenvalue weighted by molar-refractivity contribution is -0.344. The molecular weight excluding hydrogens is 969 g/mol. The summed E-state index contributed by atoms with van der Waals surface area (Å²) in [5, 5.41) is 11.1. The van der Waals surface area contributed by atoms with Gasteiger partial charge in [-0.2, -0.15) is 0 Å². The summed E-state index contributed by atoms with van der Waals surface area (Å²) in [6.07, 6.45) is -5.86. The lowest BCUT2D eigenvalue weighted by atomic mass is 9.96. The Bertz CT molecular complexity index is 2610. The summed E-state index contributed by atoms with van der Waals surface area (Å²) in [7, 11) is 0. The molecule has 10 atom stereocenters. The molecule has 0 saturated carbocycles. The van der Waals surface area contributed by atoms with E-state index in [1.54, 1.807) is 91.0 Å². The number of aliphatic hydroxyl groups excluding tert-OH is 1. The Kier molecular flexibility index (Phi) is 21.7. The van der Waals surface area contributed by atoms with Crippen LogP contribution in [0.5, 0.6) is 0 Å². The number of hydrogen-bond donors (Lipinski definition) is 1. The van der Waals surface area contributed by atoms with Crippen LogP contribution in [0.3, 0.4) is 0 Å². The predicted octanol–water partition coefficient (Wildman–Crippen LogP) is 10.3. The zero-order chi connectivity index (χ0) is 52.7. The summed E-state index contributed by atoms with van der Waals surface area (Å²) < 4.78 is 66.1. The molecule has 2 aliphatic rings. The molecule has 0 spiro atoms. The fourth-order valence-electron chi connectivity index (χ4n) is 9.14. The van der Waals surface area contributed by atoms with Gasteiger partial charge in [0.25, 0.3) is 0 Å². The normalized spacial score (nSPS) is 23.3. The number of unbranched alkanes of at least 4 members (excludes halogenated alkanes) is 5. The second-order valence-corrected chi connectivity index (χ2v) is 18.7. The average Bonchev–Trinajstić information content (AvgIpc) is 3.47. The van der Waals surface area contributed by atoms with Crippen molar-refractivity contribution in [2.75, 3.05) is 19.8 Å². The van der Waals surface area contributed by atoms with Crippen molar-refractivity contribution in [3.05, 3.63) is 215 Å². The molecule has 0 amide bonds. The predicted molar refractivity (Wildman–Crippen MR) is 282 cm³/mol. The van der Waals surface area contributed by atoms with Crippen molar-refractivity contribution >= 4 is 17.9 Å². The van der Waals surface area contributed by atoms with Crippen LogP contribution in [0, 0.1) is 0 Å². The van der Waals surface area contributed by atoms with E-state index in [1.165, 1.54) is 6.42 Å². The standard InChI is InChI=1S/C62H68O14/c1-2-3-4-5-6-25-38-67-61-56(70-42-46-30-17-9-18-31-46)54(69-41-45-28-15-8-16-29-45)52(68-40-44-26-13-7-14-27-44)51(73-61)43-71-62-57(76-60(66)49-36-23-12-24-37-49)55(75-59(65)48-34-21-11-22-35-48)53(50(39-63)72-62)74-58(64)47-32-19-10-20-33-47/h7-24,26-37,50-57,61-63H,2-6,25,38-43H2,1H3/t50-,51-,52-,53-,54+,55+,56+,57+,61+,62+/m1/s1. The van der Waals surface area contributed by atoms with Crippen LogP contribution in [0.4, 0.5) is 0 Å². The van der Waals surface area contributed by atoms with E-state index in [2.05, 4.69) is 6.92 Å². The zero-order valence-corrected chi connectivity index (χ0v) is 42.8. The third-order valence-electron chi connectivity index (χ3n) is 13.2. The number of esters is 3. The molecule has 0 bridgehead atoms. The topological polar surface area (TPSA) is 164 Å². The summed E-state index contributed by atoms with van der Waals surface area (Å²) in [4.78, 5) is 42.2. The summed E-state index contributed by atoms with van der Waals surface area (Å²) in [5.74, 6) is -2.43. The number of benzene rings is 6. The average molecular weight is 1040 g/mol.